The number of nitrogens with one attached hydrogen (secondary N) is 1. The minimum Gasteiger partial charge on any atom is -0.378 e. The van der Waals surface area contributed by atoms with Gasteiger partial charge in [-0.25, -0.2) is 4.39 Å². The van der Waals surface area contributed by atoms with Crippen LogP contribution >= 0.6 is 39.1 Å². The second-order valence-electron chi connectivity index (χ2n) is 2.51. The minimum absolute atomic E-state index is 0.304. The van der Waals surface area contributed by atoms with Crippen LogP contribution in [0.15, 0.2) is 33.2 Å². The van der Waals surface area contributed by atoms with Gasteiger partial charge in [-0.2, -0.15) is 0 Å². The van der Waals surface area contributed by atoms with E-state index in [0.717, 1.165) is 0 Å². The highest BCUT2D eigenvalue weighted by molar-refractivity contribution is 9.10. The molecule has 0 aliphatic heterocycles. The predicted octanol–water partition coefficient (Wildman–Crippen LogP) is 4.32. The highest BCUT2D eigenvalue weighted by Gasteiger charge is 2.04. The second kappa shape index (κ2) is 5.59. The maximum Gasteiger partial charge on any atom is 0.160 e. The van der Waals surface area contributed by atoms with Gasteiger partial charge in [-0.15, -0.1) is 0 Å². The quantitative estimate of drug-likeness (QED) is 0.876. The Balaban J connectivity index is 2.73. The maximum atomic E-state index is 13.4. The van der Waals surface area contributed by atoms with E-state index in [9.17, 15) is 4.39 Å². The first-order chi connectivity index (χ1) is 6.65. The fourth-order valence-electron chi connectivity index (χ4n) is 0.859. The molecule has 0 aliphatic rings. The van der Waals surface area contributed by atoms with E-state index >= 15 is 0 Å². The lowest BCUT2D eigenvalue weighted by Crippen LogP contribution is -2.03. The van der Waals surface area contributed by atoms with E-state index in [4.69, 9.17) is 23.2 Å². The number of hydrogen-bond acceptors (Lipinski definition) is 1. The highest BCUT2D eigenvalue weighted by atomic mass is 79.9. The lowest BCUT2D eigenvalue weighted by atomic mass is 10.3. The predicted molar refractivity (Wildman–Crippen MR) is 62.4 cm³/mol. The van der Waals surface area contributed by atoms with Gasteiger partial charge in [-0.05, 0) is 28.1 Å². The number of halogens is 4. The topological polar surface area (TPSA) is 12.0 Å². The van der Waals surface area contributed by atoms with Crippen LogP contribution in [0.4, 0.5) is 10.1 Å². The summed E-state index contributed by atoms with van der Waals surface area (Å²) < 4.78 is 13.8. The molecule has 0 aliphatic carbocycles. The zero-order chi connectivity index (χ0) is 10.6. The van der Waals surface area contributed by atoms with Gasteiger partial charge in [0, 0.05) is 10.6 Å². The van der Waals surface area contributed by atoms with Gasteiger partial charge in [0.1, 0.15) is 0 Å². The molecule has 0 atom stereocenters. The van der Waals surface area contributed by atoms with Crippen molar-refractivity contribution in [2.45, 2.75) is 0 Å². The molecule has 0 heterocycles. The van der Waals surface area contributed by atoms with Gasteiger partial charge >= 0.3 is 0 Å². The Morgan fingerprint density at radius 2 is 2.29 bits per heavy atom. The molecule has 0 radical (unpaired) electrons. The summed E-state index contributed by atoms with van der Waals surface area (Å²) in [5.74, 6) is -0.341. The molecule has 0 fully saturated rings. The van der Waals surface area contributed by atoms with Crippen molar-refractivity contribution in [3.63, 3.8) is 0 Å². The molecule has 1 aromatic carbocycles. The molecule has 0 unspecified atom stereocenters. The first kappa shape index (κ1) is 11.8. The van der Waals surface area contributed by atoms with Crippen LogP contribution in [-0.2, 0) is 0 Å². The third-order valence-corrected chi connectivity index (χ3v) is 2.75. The average molecular weight is 299 g/mol. The van der Waals surface area contributed by atoms with Crippen LogP contribution in [0, 0.1) is 5.82 Å². The van der Waals surface area contributed by atoms with Crippen LogP contribution in [-0.4, -0.2) is 6.54 Å². The summed E-state index contributed by atoms with van der Waals surface area (Å²) in [6, 6.07) is 4.98. The van der Waals surface area contributed by atoms with Crippen molar-refractivity contribution >= 4 is 44.8 Å². The van der Waals surface area contributed by atoms with E-state index in [1.54, 1.807) is 18.2 Å². The Morgan fingerprint density at radius 1 is 1.57 bits per heavy atom. The fourth-order valence-corrected chi connectivity index (χ4v) is 1.37. The van der Waals surface area contributed by atoms with Gasteiger partial charge < -0.3 is 5.32 Å². The van der Waals surface area contributed by atoms with Gasteiger partial charge in [0.25, 0.3) is 0 Å². The molecule has 1 aromatic rings. The minimum atomic E-state index is -0.341. The fraction of sp³-hybridized carbons (Fsp3) is 0.111. The molecule has 5 heteroatoms. The summed E-state index contributed by atoms with van der Waals surface area (Å²) in [5, 5.41) is 3.24. The molecule has 0 spiro atoms. The number of hydrogen-bond donors (Lipinski definition) is 1. The summed E-state index contributed by atoms with van der Waals surface area (Å²) in [4.78, 5) is 0. The van der Waals surface area contributed by atoms with E-state index in [1.807, 2.05) is 0 Å². The van der Waals surface area contributed by atoms with E-state index < -0.39 is 0 Å². The number of rotatable bonds is 3. The largest absolute Gasteiger partial charge is 0.378 e. The molecular formula is C9H7BrCl2FN. The molecule has 76 valence electrons. The molecule has 1 nitrogen and oxygen atoms in total. The highest BCUT2D eigenvalue weighted by Crippen LogP contribution is 2.22. The number of benzene rings is 1. The summed E-state index contributed by atoms with van der Waals surface area (Å²) in [5.41, 5.74) is 1.63. The first-order valence-electron chi connectivity index (χ1n) is 3.77. The van der Waals surface area contributed by atoms with Crippen molar-refractivity contribution in [3.05, 3.63) is 39.1 Å². The van der Waals surface area contributed by atoms with Crippen LogP contribution in [0.2, 0.25) is 0 Å². The summed E-state index contributed by atoms with van der Waals surface area (Å²) in [6.45, 7) is 0.304. The van der Waals surface area contributed by atoms with Gasteiger partial charge in [-0.3, -0.25) is 0 Å². The van der Waals surface area contributed by atoms with Crippen molar-refractivity contribution in [1.82, 2.24) is 0 Å². The molecule has 0 saturated heterocycles. The van der Waals surface area contributed by atoms with Crippen molar-refractivity contribution < 1.29 is 4.39 Å². The Labute approximate surface area is 100 Å². The smallest absolute Gasteiger partial charge is 0.160 e. The third kappa shape index (κ3) is 3.15. The molecule has 0 saturated carbocycles. The molecule has 14 heavy (non-hydrogen) atoms. The molecule has 0 aromatic heterocycles. The zero-order valence-corrected chi connectivity index (χ0v) is 10.1. The first-order valence-corrected chi connectivity index (χ1v) is 5.38. The Hall–Kier alpha value is -0.250. The molecule has 1 N–H and O–H groups in total. The Morgan fingerprint density at radius 3 is 2.93 bits per heavy atom. The molecule has 0 bridgehead atoms. The van der Waals surface area contributed by atoms with E-state index in [1.165, 1.54) is 5.54 Å². The lowest BCUT2D eigenvalue weighted by molar-refractivity contribution is 0.624. The summed E-state index contributed by atoms with van der Waals surface area (Å²) in [6.07, 6.45) is 0. The van der Waals surface area contributed by atoms with Gasteiger partial charge in [-0.1, -0.05) is 29.3 Å². The lowest BCUT2D eigenvalue weighted by Gasteiger charge is -2.06. The Kier molecular flexibility index (Phi) is 4.72. The maximum absolute atomic E-state index is 13.4. The summed E-state index contributed by atoms with van der Waals surface area (Å²) in [7, 11) is 0. The SMILES string of the molecule is Fc1c(Br)cccc1NC/C(Cl)=C/Cl. The monoisotopic (exact) mass is 297 g/mol. The van der Waals surface area contributed by atoms with E-state index in [-0.39, 0.29) is 5.82 Å². The standard InChI is InChI=1S/C9H7BrCl2FN/c10-7-2-1-3-8(9(7)13)14-5-6(12)4-11/h1-4,14H,5H2/b6-4-. The van der Waals surface area contributed by atoms with Crippen molar-refractivity contribution in [3.8, 4) is 0 Å². The summed E-state index contributed by atoms with van der Waals surface area (Å²) >= 11 is 14.1. The van der Waals surface area contributed by atoms with E-state index in [2.05, 4.69) is 21.2 Å². The van der Waals surface area contributed by atoms with Crippen LogP contribution in [0.5, 0.6) is 0 Å². The van der Waals surface area contributed by atoms with Crippen molar-refractivity contribution in [2.24, 2.45) is 0 Å². The normalized spacial score (nSPS) is 11.6. The zero-order valence-electron chi connectivity index (χ0n) is 7.03. The van der Waals surface area contributed by atoms with Crippen LogP contribution in [0.25, 0.3) is 0 Å². The van der Waals surface area contributed by atoms with Crippen LogP contribution in [0.3, 0.4) is 0 Å². The third-order valence-electron chi connectivity index (χ3n) is 1.52. The van der Waals surface area contributed by atoms with Crippen LogP contribution < -0.4 is 5.32 Å². The van der Waals surface area contributed by atoms with Crippen LogP contribution in [0.1, 0.15) is 0 Å². The number of anilines is 1. The van der Waals surface area contributed by atoms with Gasteiger partial charge in [0.2, 0.25) is 0 Å². The van der Waals surface area contributed by atoms with Crippen molar-refractivity contribution in [1.29, 1.82) is 0 Å². The average Bonchev–Trinajstić information content (AvgIpc) is 2.20. The molecule has 1 rings (SSSR count). The molecular weight excluding hydrogens is 292 g/mol. The molecule has 0 amide bonds. The van der Waals surface area contributed by atoms with Crippen molar-refractivity contribution in [2.75, 3.05) is 11.9 Å². The van der Waals surface area contributed by atoms with E-state index in [0.29, 0.717) is 21.7 Å². The van der Waals surface area contributed by atoms with Gasteiger partial charge in [0.05, 0.1) is 16.7 Å². The van der Waals surface area contributed by atoms with Gasteiger partial charge in [0.15, 0.2) is 5.82 Å². The second-order valence-corrected chi connectivity index (χ2v) is 4.07. The Bertz CT molecular complexity index is 355.